The minimum Gasteiger partial charge on any atom is -0.369 e. The monoisotopic (exact) mass is 134 g/mol. The Kier molecular flexibility index (Phi) is 3.69. The van der Waals surface area contributed by atoms with Crippen LogP contribution in [0.2, 0.25) is 0 Å². The first-order valence-corrected chi connectivity index (χ1v) is 2.21. The molecule has 0 aliphatic heterocycles. The summed E-state index contributed by atoms with van der Waals surface area (Å²) in [6.45, 7) is 0. The molecule has 54 valence electrons. The number of ether oxygens (including phenoxy) is 1. The first-order chi connectivity index (χ1) is 4.20. The summed E-state index contributed by atoms with van der Waals surface area (Å²) in [5.74, 6) is 4.72. The van der Waals surface area contributed by atoms with Gasteiger partial charge in [0.25, 0.3) is 6.41 Å². The summed E-state index contributed by atoms with van der Waals surface area (Å²) in [7, 11) is 1.29. The standard InChI is InChI=1S/C3H10N4O2/c1-9-3(8)6-2(4)7-5/h3,8H,5H2,1H3,(H3,4,6,7). The third kappa shape index (κ3) is 3.71. The number of rotatable bonds is 2. The van der Waals surface area contributed by atoms with Crippen LogP contribution < -0.4 is 17.0 Å². The van der Waals surface area contributed by atoms with Gasteiger partial charge >= 0.3 is 0 Å². The Morgan fingerprint density at radius 2 is 2.44 bits per heavy atom. The maximum Gasteiger partial charge on any atom is 0.258 e. The zero-order valence-electron chi connectivity index (χ0n) is 5.03. The number of methoxy groups -OCH3 is 1. The van der Waals surface area contributed by atoms with Crippen LogP contribution in [0.4, 0.5) is 0 Å². The van der Waals surface area contributed by atoms with Crippen LogP contribution in [0.3, 0.4) is 0 Å². The molecule has 0 spiro atoms. The average molecular weight is 134 g/mol. The minimum absolute atomic E-state index is 0.0793. The van der Waals surface area contributed by atoms with Gasteiger partial charge in [0.1, 0.15) is 0 Å². The molecule has 1 unspecified atom stereocenters. The van der Waals surface area contributed by atoms with Crippen molar-refractivity contribution in [1.29, 1.82) is 0 Å². The van der Waals surface area contributed by atoms with E-state index in [1.165, 1.54) is 7.11 Å². The molecule has 0 saturated carbocycles. The molecular weight excluding hydrogens is 124 g/mol. The van der Waals surface area contributed by atoms with Gasteiger partial charge in [0.05, 0.1) is 0 Å². The van der Waals surface area contributed by atoms with Crippen LogP contribution in [0, 0.1) is 0 Å². The Morgan fingerprint density at radius 1 is 1.89 bits per heavy atom. The first kappa shape index (κ1) is 8.15. The first-order valence-electron chi connectivity index (χ1n) is 2.21. The number of hydrogen-bond donors (Lipinski definition) is 4. The van der Waals surface area contributed by atoms with Crippen molar-refractivity contribution in [2.45, 2.75) is 6.41 Å². The van der Waals surface area contributed by atoms with Crippen molar-refractivity contribution in [2.75, 3.05) is 7.11 Å². The number of nitrogens with one attached hydrogen (secondary N) is 1. The summed E-state index contributed by atoms with van der Waals surface area (Å²) in [4.78, 5) is 3.31. The average Bonchev–Trinajstić information content (AvgIpc) is 1.87. The van der Waals surface area contributed by atoms with Crippen molar-refractivity contribution in [3.05, 3.63) is 0 Å². The number of aliphatic imine (C=N–C) groups is 1. The molecule has 0 fully saturated rings. The highest BCUT2D eigenvalue weighted by molar-refractivity contribution is 5.77. The molecule has 6 N–H and O–H groups in total. The Balaban J connectivity index is 3.64. The summed E-state index contributed by atoms with van der Waals surface area (Å²) in [5.41, 5.74) is 7.04. The van der Waals surface area contributed by atoms with Crippen LogP contribution in [0.25, 0.3) is 0 Å². The smallest absolute Gasteiger partial charge is 0.258 e. The number of hydrogen-bond acceptors (Lipinski definition) is 4. The highest BCUT2D eigenvalue weighted by Crippen LogP contribution is 1.81. The summed E-state index contributed by atoms with van der Waals surface area (Å²) in [5, 5.41) is 8.57. The van der Waals surface area contributed by atoms with Crippen molar-refractivity contribution >= 4 is 5.96 Å². The predicted molar refractivity (Wildman–Crippen MR) is 32.0 cm³/mol. The second-order valence-corrected chi connectivity index (χ2v) is 1.22. The Bertz CT molecular complexity index is 104. The van der Waals surface area contributed by atoms with Crippen molar-refractivity contribution in [3.8, 4) is 0 Å². The van der Waals surface area contributed by atoms with E-state index >= 15 is 0 Å². The lowest BCUT2D eigenvalue weighted by Gasteiger charge is -2.02. The lowest BCUT2D eigenvalue weighted by Crippen LogP contribution is -2.38. The van der Waals surface area contributed by atoms with Gasteiger partial charge in [-0.1, -0.05) is 0 Å². The lowest BCUT2D eigenvalue weighted by atomic mass is 11.0. The van der Waals surface area contributed by atoms with Crippen LogP contribution in [-0.2, 0) is 4.74 Å². The summed E-state index contributed by atoms with van der Waals surface area (Å²) < 4.78 is 4.32. The maximum atomic E-state index is 8.57. The molecule has 0 aromatic heterocycles. The molecule has 1 atom stereocenters. The molecule has 0 aromatic rings. The number of guanidine groups is 1. The largest absolute Gasteiger partial charge is 0.369 e. The SMILES string of the molecule is COC(O)N=C(N)NN. The lowest BCUT2D eigenvalue weighted by molar-refractivity contribution is -0.0660. The molecule has 0 saturated heterocycles. The van der Waals surface area contributed by atoms with Gasteiger partial charge in [-0.2, -0.15) is 4.99 Å². The molecule has 0 amide bonds. The highest BCUT2D eigenvalue weighted by atomic mass is 16.6. The van der Waals surface area contributed by atoms with Crippen LogP contribution >= 0.6 is 0 Å². The van der Waals surface area contributed by atoms with Crippen LogP contribution in [-0.4, -0.2) is 24.6 Å². The highest BCUT2D eigenvalue weighted by Gasteiger charge is 1.95. The van der Waals surface area contributed by atoms with Gasteiger partial charge in [-0.3, -0.25) is 5.43 Å². The predicted octanol–water partition coefficient (Wildman–Crippen LogP) is -2.31. The molecule has 0 aliphatic carbocycles. The molecule has 0 rings (SSSR count). The summed E-state index contributed by atoms with van der Waals surface area (Å²) in [6.07, 6.45) is -1.25. The fraction of sp³-hybridized carbons (Fsp3) is 0.667. The zero-order valence-corrected chi connectivity index (χ0v) is 5.03. The van der Waals surface area contributed by atoms with Gasteiger partial charge in [-0.25, -0.2) is 5.84 Å². The number of nitrogens with two attached hydrogens (primary N) is 2. The third-order valence-corrected chi connectivity index (χ3v) is 0.608. The van der Waals surface area contributed by atoms with E-state index in [1.54, 1.807) is 0 Å². The molecule has 9 heavy (non-hydrogen) atoms. The van der Waals surface area contributed by atoms with E-state index in [9.17, 15) is 0 Å². The van der Waals surface area contributed by atoms with E-state index in [0.29, 0.717) is 0 Å². The number of aliphatic hydroxyl groups excluding tert-OH is 1. The molecule has 0 heterocycles. The van der Waals surface area contributed by atoms with E-state index in [1.807, 2.05) is 5.43 Å². The van der Waals surface area contributed by atoms with E-state index in [4.69, 9.17) is 16.7 Å². The number of hydrazine groups is 1. The topological polar surface area (TPSA) is 106 Å². The van der Waals surface area contributed by atoms with Gasteiger partial charge in [0, 0.05) is 7.11 Å². The van der Waals surface area contributed by atoms with Gasteiger partial charge in [0.2, 0.25) is 5.96 Å². The molecular formula is C3H10N4O2. The van der Waals surface area contributed by atoms with Gasteiger partial charge < -0.3 is 15.6 Å². The molecule has 0 radical (unpaired) electrons. The van der Waals surface area contributed by atoms with Crippen molar-refractivity contribution in [2.24, 2.45) is 16.6 Å². The van der Waals surface area contributed by atoms with Crippen molar-refractivity contribution in [3.63, 3.8) is 0 Å². The van der Waals surface area contributed by atoms with Gasteiger partial charge in [-0.05, 0) is 0 Å². The molecule has 0 aliphatic rings. The number of aliphatic hydroxyl groups is 1. The second kappa shape index (κ2) is 4.07. The molecule has 0 bridgehead atoms. The van der Waals surface area contributed by atoms with E-state index in [2.05, 4.69) is 9.73 Å². The van der Waals surface area contributed by atoms with Crippen LogP contribution in [0.5, 0.6) is 0 Å². The molecule has 6 nitrogen and oxygen atoms in total. The maximum absolute atomic E-state index is 8.57. The third-order valence-electron chi connectivity index (χ3n) is 0.608. The second-order valence-electron chi connectivity index (χ2n) is 1.22. The Hall–Kier alpha value is -0.850. The van der Waals surface area contributed by atoms with E-state index in [-0.39, 0.29) is 5.96 Å². The fourth-order valence-electron chi connectivity index (χ4n) is 0.209. The summed E-state index contributed by atoms with van der Waals surface area (Å²) in [6, 6.07) is 0. The van der Waals surface area contributed by atoms with Crippen LogP contribution in [0.15, 0.2) is 4.99 Å². The number of nitrogens with zero attached hydrogens (tertiary/aromatic N) is 1. The normalized spacial score (nSPS) is 15.2. The van der Waals surface area contributed by atoms with Gasteiger partial charge in [-0.15, -0.1) is 0 Å². The van der Waals surface area contributed by atoms with E-state index < -0.39 is 6.41 Å². The molecule has 6 heteroatoms. The summed E-state index contributed by atoms with van der Waals surface area (Å²) >= 11 is 0. The van der Waals surface area contributed by atoms with Crippen molar-refractivity contribution in [1.82, 2.24) is 5.43 Å². The Labute approximate surface area is 52.5 Å². The van der Waals surface area contributed by atoms with E-state index in [0.717, 1.165) is 0 Å². The Morgan fingerprint density at radius 3 is 2.78 bits per heavy atom. The van der Waals surface area contributed by atoms with Crippen LogP contribution in [0.1, 0.15) is 0 Å². The van der Waals surface area contributed by atoms with Crippen molar-refractivity contribution < 1.29 is 9.84 Å². The fourth-order valence-corrected chi connectivity index (χ4v) is 0.209. The quantitative estimate of drug-likeness (QED) is 0.112. The van der Waals surface area contributed by atoms with Gasteiger partial charge in [0.15, 0.2) is 0 Å². The molecule has 0 aromatic carbocycles. The minimum atomic E-state index is -1.25. The zero-order chi connectivity index (χ0) is 7.28.